The van der Waals surface area contributed by atoms with Gasteiger partial charge in [-0.25, -0.2) is 0 Å². The molecule has 0 atom stereocenters. The molecule has 0 aliphatic heterocycles. The molecule has 0 saturated carbocycles. The Bertz CT molecular complexity index is 1200. The number of hydrogen-bond donors (Lipinski definition) is 1. The van der Waals surface area contributed by atoms with Crippen LogP contribution in [0.2, 0.25) is 5.02 Å². The van der Waals surface area contributed by atoms with Crippen LogP contribution in [0, 0.1) is 13.8 Å². The van der Waals surface area contributed by atoms with E-state index in [4.69, 9.17) is 11.6 Å². The smallest absolute Gasteiger partial charge is 0.253 e. The largest absolute Gasteiger partial charge is 0.352 e. The van der Waals surface area contributed by atoms with E-state index < -0.39 is 0 Å². The first-order chi connectivity index (χ1) is 15.0. The topological polar surface area (TPSA) is 46.9 Å². The zero-order chi connectivity index (χ0) is 21.8. The number of rotatable bonds is 6. The Labute approximate surface area is 187 Å². The van der Waals surface area contributed by atoms with Crippen molar-refractivity contribution in [2.75, 3.05) is 6.54 Å². The van der Waals surface area contributed by atoms with Crippen LogP contribution in [0.3, 0.4) is 0 Å². The second-order valence-corrected chi connectivity index (χ2v) is 7.92. The first kappa shape index (κ1) is 20.9. The Morgan fingerprint density at radius 2 is 1.74 bits per heavy atom. The number of carbonyl (C=O) groups is 1. The van der Waals surface area contributed by atoms with Gasteiger partial charge in [-0.2, -0.15) is 0 Å². The second kappa shape index (κ2) is 9.19. The highest BCUT2D eigenvalue weighted by atomic mass is 35.5. The summed E-state index contributed by atoms with van der Waals surface area (Å²) in [4.78, 5) is 17.4. The third kappa shape index (κ3) is 4.54. The number of amides is 1. The third-order valence-corrected chi connectivity index (χ3v) is 5.63. The van der Waals surface area contributed by atoms with Crippen molar-refractivity contribution in [1.29, 1.82) is 0 Å². The minimum absolute atomic E-state index is 0.0871. The van der Waals surface area contributed by atoms with Crippen molar-refractivity contribution in [2.24, 2.45) is 0 Å². The fourth-order valence-corrected chi connectivity index (χ4v) is 3.87. The molecule has 156 valence electrons. The molecule has 4 rings (SSSR count). The number of halogens is 1. The highest BCUT2D eigenvalue weighted by Crippen LogP contribution is 2.31. The minimum Gasteiger partial charge on any atom is -0.352 e. The van der Waals surface area contributed by atoms with Crippen LogP contribution >= 0.6 is 11.6 Å². The zero-order valence-electron chi connectivity index (χ0n) is 17.6. The van der Waals surface area contributed by atoms with E-state index in [9.17, 15) is 4.79 Å². The summed E-state index contributed by atoms with van der Waals surface area (Å²) < 4.78 is 2.15. The Balaban J connectivity index is 1.68. The van der Waals surface area contributed by atoms with E-state index in [0.29, 0.717) is 23.6 Å². The van der Waals surface area contributed by atoms with Crippen molar-refractivity contribution < 1.29 is 4.79 Å². The molecule has 0 aliphatic carbocycles. The van der Waals surface area contributed by atoms with E-state index in [-0.39, 0.29) is 5.91 Å². The quantitative estimate of drug-likeness (QED) is 0.422. The summed E-state index contributed by atoms with van der Waals surface area (Å²) in [6, 6.07) is 23.6. The predicted octanol–water partition coefficient (Wildman–Crippen LogP) is 5.78. The number of aromatic nitrogens is 2. The maximum atomic E-state index is 13.1. The van der Waals surface area contributed by atoms with Crippen LogP contribution in [-0.4, -0.2) is 22.0 Å². The number of para-hydroxylation sites is 1. The summed E-state index contributed by atoms with van der Waals surface area (Å²) in [5.41, 5.74) is 6.67. The molecule has 0 bridgehead atoms. The fraction of sp³-hybridized carbons (Fsp3) is 0.154. The highest BCUT2D eigenvalue weighted by molar-refractivity contribution is 6.30. The lowest BCUT2D eigenvalue weighted by molar-refractivity contribution is 0.0953. The van der Waals surface area contributed by atoms with Crippen LogP contribution < -0.4 is 5.32 Å². The van der Waals surface area contributed by atoms with E-state index in [2.05, 4.69) is 33.9 Å². The molecule has 1 amide bonds. The van der Waals surface area contributed by atoms with Crippen molar-refractivity contribution in [3.05, 3.63) is 107 Å². The molecular weight excluding hydrogens is 406 g/mol. The third-order valence-electron chi connectivity index (χ3n) is 5.38. The molecule has 4 nitrogen and oxygen atoms in total. The predicted molar refractivity (Wildman–Crippen MR) is 126 cm³/mol. The maximum absolute atomic E-state index is 13.1. The number of carbonyl (C=O) groups excluding carboxylic acids is 1. The number of aryl methyl sites for hydroxylation is 1. The van der Waals surface area contributed by atoms with Gasteiger partial charge in [0.1, 0.15) is 0 Å². The molecular formula is C26H24ClN3O. The van der Waals surface area contributed by atoms with E-state index >= 15 is 0 Å². The van der Waals surface area contributed by atoms with Gasteiger partial charge in [0, 0.05) is 41.3 Å². The summed E-state index contributed by atoms with van der Waals surface area (Å²) in [6.07, 6.45) is 2.45. The molecule has 0 fully saturated rings. The molecule has 4 aromatic rings. The Hall–Kier alpha value is -3.37. The van der Waals surface area contributed by atoms with E-state index in [1.165, 1.54) is 0 Å². The van der Waals surface area contributed by atoms with Gasteiger partial charge in [-0.1, -0.05) is 48.0 Å². The van der Waals surface area contributed by atoms with Crippen molar-refractivity contribution in [3.8, 4) is 16.9 Å². The van der Waals surface area contributed by atoms with Crippen LogP contribution in [0.15, 0.2) is 79.0 Å². The van der Waals surface area contributed by atoms with Crippen LogP contribution in [0.25, 0.3) is 16.9 Å². The lowest BCUT2D eigenvalue weighted by atomic mass is 10.1. The number of benzene rings is 2. The molecule has 0 saturated heterocycles. The normalized spacial score (nSPS) is 10.8. The molecule has 0 aliphatic rings. The summed E-state index contributed by atoms with van der Waals surface area (Å²) in [5.74, 6) is -0.0871. The highest BCUT2D eigenvalue weighted by Gasteiger charge is 2.20. The Morgan fingerprint density at radius 1 is 1.00 bits per heavy atom. The molecule has 5 heteroatoms. The van der Waals surface area contributed by atoms with E-state index in [1.54, 1.807) is 6.20 Å². The Morgan fingerprint density at radius 3 is 2.45 bits per heavy atom. The van der Waals surface area contributed by atoms with Gasteiger partial charge >= 0.3 is 0 Å². The molecule has 1 N–H and O–H groups in total. The second-order valence-electron chi connectivity index (χ2n) is 7.48. The summed E-state index contributed by atoms with van der Waals surface area (Å²) >= 11 is 6.10. The average molecular weight is 430 g/mol. The molecule has 2 aromatic carbocycles. The summed E-state index contributed by atoms with van der Waals surface area (Å²) in [5, 5.41) is 3.72. The van der Waals surface area contributed by atoms with E-state index in [1.807, 2.05) is 67.6 Å². The van der Waals surface area contributed by atoms with Gasteiger partial charge in [-0.05, 0) is 61.4 Å². The van der Waals surface area contributed by atoms with Crippen molar-refractivity contribution in [1.82, 2.24) is 14.9 Å². The van der Waals surface area contributed by atoms with Crippen LogP contribution in [0.5, 0.6) is 0 Å². The first-order valence-electron chi connectivity index (χ1n) is 10.3. The van der Waals surface area contributed by atoms with Crippen molar-refractivity contribution >= 4 is 17.5 Å². The zero-order valence-corrected chi connectivity index (χ0v) is 18.4. The van der Waals surface area contributed by atoms with Gasteiger partial charge < -0.3 is 9.88 Å². The summed E-state index contributed by atoms with van der Waals surface area (Å²) in [6.45, 7) is 4.59. The lowest BCUT2D eigenvalue weighted by Crippen LogP contribution is -2.26. The molecule has 2 aromatic heterocycles. The number of nitrogens with zero attached hydrogens (tertiary/aromatic N) is 2. The fourth-order valence-electron chi connectivity index (χ4n) is 3.74. The maximum Gasteiger partial charge on any atom is 0.253 e. The molecule has 0 radical (unpaired) electrons. The number of hydrogen-bond acceptors (Lipinski definition) is 2. The molecule has 0 unspecified atom stereocenters. The van der Waals surface area contributed by atoms with Crippen LogP contribution in [0.1, 0.15) is 27.3 Å². The van der Waals surface area contributed by atoms with Gasteiger partial charge in [-0.15, -0.1) is 0 Å². The Kier molecular flexibility index (Phi) is 6.19. The molecule has 31 heavy (non-hydrogen) atoms. The van der Waals surface area contributed by atoms with Crippen LogP contribution in [-0.2, 0) is 6.42 Å². The average Bonchev–Trinajstić information content (AvgIpc) is 3.12. The van der Waals surface area contributed by atoms with Gasteiger partial charge in [0.2, 0.25) is 0 Å². The standard InChI is InChI=1S/C26H24ClN3O/c1-18-7-3-4-9-24(18)30-19(2)23(17-25(30)20-10-12-21(27)13-11-20)26(31)29-16-14-22-8-5-6-15-28-22/h3-13,15,17H,14,16H2,1-2H3,(H,29,31). The summed E-state index contributed by atoms with van der Waals surface area (Å²) in [7, 11) is 0. The molecule has 2 heterocycles. The van der Waals surface area contributed by atoms with Crippen molar-refractivity contribution in [2.45, 2.75) is 20.3 Å². The number of pyridine rings is 1. The van der Waals surface area contributed by atoms with Gasteiger partial charge in [-0.3, -0.25) is 9.78 Å². The first-order valence-corrected chi connectivity index (χ1v) is 10.6. The van der Waals surface area contributed by atoms with Gasteiger partial charge in [0.25, 0.3) is 5.91 Å². The SMILES string of the molecule is Cc1ccccc1-n1c(-c2ccc(Cl)cc2)cc(C(=O)NCCc2ccccn2)c1C. The number of nitrogens with one attached hydrogen (secondary N) is 1. The van der Waals surface area contributed by atoms with E-state index in [0.717, 1.165) is 33.9 Å². The molecule has 0 spiro atoms. The minimum atomic E-state index is -0.0871. The van der Waals surface area contributed by atoms with Gasteiger partial charge in [0.15, 0.2) is 0 Å². The lowest BCUT2D eigenvalue weighted by Gasteiger charge is -2.15. The van der Waals surface area contributed by atoms with Crippen LogP contribution in [0.4, 0.5) is 0 Å². The van der Waals surface area contributed by atoms with Crippen molar-refractivity contribution in [3.63, 3.8) is 0 Å². The van der Waals surface area contributed by atoms with Gasteiger partial charge in [0.05, 0.1) is 11.3 Å². The monoisotopic (exact) mass is 429 g/mol.